The van der Waals surface area contributed by atoms with Crippen molar-refractivity contribution in [1.82, 2.24) is 0 Å². The summed E-state index contributed by atoms with van der Waals surface area (Å²) in [5.41, 5.74) is 11.6. The molecule has 5 nitrogen and oxygen atoms in total. The fourth-order valence-electron chi connectivity index (χ4n) is 1.15. The Bertz CT molecular complexity index is 440. The Labute approximate surface area is 82.5 Å². The third-order valence-electron chi connectivity index (χ3n) is 1.81. The Morgan fingerprint density at radius 2 is 2.00 bits per heavy atom. The zero-order chi connectivity index (χ0) is 10.9. The van der Waals surface area contributed by atoms with Crippen LogP contribution in [-0.2, 0) is 10.1 Å². The van der Waals surface area contributed by atoms with Crippen molar-refractivity contribution in [3.63, 3.8) is 0 Å². The molecule has 78 valence electrons. The van der Waals surface area contributed by atoms with E-state index in [4.69, 9.17) is 16.0 Å². The monoisotopic (exact) mass is 216 g/mol. The predicted molar refractivity (Wildman–Crippen MR) is 53.3 cm³/mol. The number of nitrogen functional groups attached to an aromatic ring is 1. The second-order valence-electron chi connectivity index (χ2n) is 3.06. The van der Waals surface area contributed by atoms with Gasteiger partial charge >= 0.3 is 0 Å². The molecule has 0 amide bonds. The van der Waals surface area contributed by atoms with Crippen LogP contribution in [0.3, 0.4) is 0 Å². The molecule has 14 heavy (non-hydrogen) atoms. The maximum Gasteiger partial charge on any atom is 0.294 e. The number of anilines is 1. The van der Waals surface area contributed by atoms with E-state index in [1.54, 1.807) is 6.92 Å². The zero-order valence-corrected chi connectivity index (χ0v) is 8.45. The van der Waals surface area contributed by atoms with Gasteiger partial charge in [-0.2, -0.15) is 8.42 Å². The smallest absolute Gasteiger partial charge is 0.294 e. The number of hydrogen-bond donors (Lipinski definition) is 3. The second kappa shape index (κ2) is 3.56. The van der Waals surface area contributed by atoms with Crippen LogP contribution in [0.4, 0.5) is 5.69 Å². The van der Waals surface area contributed by atoms with Gasteiger partial charge in [-0.1, -0.05) is 6.07 Å². The van der Waals surface area contributed by atoms with E-state index >= 15 is 0 Å². The molecule has 0 aliphatic carbocycles. The summed E-state index contributed by atoms with van der Waals surface area (Å²) in [6.07, 6.45) is 0. The summed E-state index contributed by atoms with van der Waals surface area (Å²) in [5, 5.41) is 0. The van der Waals surface area contributed by atoms with Crippen molar-refractivity contribution in [2.75, 3.05) is 5.73 Å². The highest BCUT2D eigenvalue weighted by molar-refractivity contribution is 7.85. The zero-order valence-electron chi connectivity index (χ0n) is 7.64. The molecule has 1 aromatic rings. The first-order chi connectivity index (χ1) is 6.32. The summed E-state index contributed by atoms with van der Waals surface area (Å²) in [7, 11) is -4.26. The Kier molecular flexibility index (Phi) is 2.79. The lowest BCUT2D eigenvalue weighted by molar-refractivity contribution is 0.481. The summed E-state index contributed by atoms with van der Waals surface area (Å²) in [4.78, 5) is -0.229. The number of rotatable bonds is 2. The van der Waals surface area contributed by atoms with E-state index < -0.39 is 16.2 Å². The van der Waals surface area contributed by atoms with Crippen LogP contribution in [0.15, 0.2) is 23.1 Å². The highest BCUT2D eigenvalue weighted by Crippen LogP contribution is 2.23. The van der Waals surface area contributed by atoms with Crippen LogP contribution < -0.4 is 11.5 Å². The van der Waals surface area contributed by atoms with Crippen LogP contribution in [-0.4, -0.2) is 13.0 Å². The van der Waals surface area contributed by atoms with Crippen LogP contribution in [0.2, 0.25) is 0 Å². The molecule has 0 bridgehead atoms. The summed E-state index contributed by atoms with van der Waals surface area (Å²) < 4.78 is 30.8. The third-order valence-corrected chi connectivity index (χ3v) is 2.72. The van der Waals surface area contributed by atoms with Gasteiger partial charge in [0, 0.05) is 11.7 Å². The second-order valence-corrected chi connectivity index (χ2v) is 4.45. The molecule has 1 unspecified atom stereocenters. The molecular formula is C8H12N2O3S. The third kappa shape index (κ3) is 2.22. The molecule has 1 atom stereocenters. The Morgan fingerprint density at radius 3 is 2.43 bits per heavy atom. The van der Waals surface area contributed by atoms with E-state index in [9.17, 15) is 8.42 Å². The van der Waals surface area contributed by atoms with Gasteiger partial charge in [0.2, 0.25) is 0 Å². The fraction of sp³-hybridized carbons (Fsp3) is 0.250. The van der Waals surface area contributed by atoms with E-state index in [1.807, 2.05) is 0 Å². The molecule has 5 N–H and O–H groups in total. The molecule has 0 saturated heterocycles. The van der Waals surface area contributed by atoms with Gasteiger partial charge in [-0.15, -0.1) is 0 Å². The molecule has 0 aromatic heterocycles. The molecule has 0 aliphatic heterocycles. The van der Waals surface area contributed by atoms with Gasteiger partial charge in [0.25, 0.3) is 10.1 Å². The Morgan fingerprint density at radius 1 is 1.43 bits per heavy atom. The molecule has 0 saturated carbocycles. The van der Waals surface area contributed by atoms with Crippen LogP contribution >= 0.6 is 0 Å². The first kappa shape index (κ1) is 11.0. The lowest BCUT2D eigenvalue weighted by Crippen LogP contribution is -2.12. The van der Waals surface area contributed by atoms with Gasteiger partial charge in [0.05, 0.1) is 0 Å². The highest BCUT2D eigenvalue weighted by Gasteiger charge is 2.17. The molecular weight excluding hydrogens is 204 g/mol. The summed E-state index contributed by atoms with van der Waals surface area (Å²) in [5.74, 6) is 0. The fourth-order valence-corrected chi connectivity index (χ4v) is 1.99. The summed E-state index contributed by atoms with van der Waals surface area (Å²) in [6.45, 7) is 1.63. The largest absolute Gasteiger partial charge is 0.399 e. The minimum Gasteiger partial charge on any atom is -0.399 e. The van der Waals surface area contributed by atoms with Crippen LogP contribution in [0.5, 0.6) is 0 Å². The van der Waals surface area contributed by atoms with E-state index in [1.165, 1.54) is 18.2 Å². The van der Waals surface area contributed by atoms with Crippen molar-refractivity contribution in [1.29, 1.82) is 0 Å². The first-order valence-corrected chi connectivity index (χ1v) is 5.39. The maximum atomic E-state index is 11.0. The number of nitrogens with two attached hydrogens (primary N) is 2. The minimum absolute atomic E-state index is 0.229. The highest BCUT2D eigenvalue weighted by atomic mass is 32.2. The van der Waals surface area contributed by atoms with Crippen molar-refractivity contribution < 1.29 is 13.0 Å². The minimum atomic E-state index is -4.26. The van der Waals surface area contributed by atoms with Crippen LogP contribution in [0.1, 0.15) is 18.5 Å². The number of hydrogen-bond acceptors (Lipinski definition) is 4. The van der Waals surface area contributed by atoms with E-state index in [0.29, 0.717) is 5.56 Å². The lowest BCUT2D eigenvalue weighted by atomic mass is 10.1. The number of benzene rings is 1. The average molecular weight is 216 g/mol. The SMILES string of the molecule is CC(N)c1ccc(N)cc1S(=O)(=O)O. The van der Waals surface area contributed by atoms with Crippen molar-refractivity contribution >= 4 is 15.8 Å². The van der Waals surface area contributed by atoms with Crippen molar-refractivity contribution in [2.24, 2.45) is 5.73 Å². The molecule has 0 fully saturated rings. The van der Waals surface area contributed by atoms with Crippen LogP contribution in [0.25, 0.3) is 0 Å². The molecule has 0 heterocycles. The maximum absolute atomic E-state index is 11.0. The van der Waals surface area contributed by atoms with E-state index in [0.717, 1.165) is 0 Å². The van der Waals surface area contributed by atoms with E-state index in [-0.39, 0.29) is 10.6 Å². The Hall–Kier alpha value is -1.11. The lowest BCUT2D eigenvalue weighted by Gasteiger charge is -2.10. The van der Waals surface area contributed by atoms with Crippen LogP contribution in [0, 0.1) is 0 Å². The molecule has 0 spiro atoms. The predicted octanol–water partition coefficient (Wildman–Crippen LogP) is 0.535. The average Bonchev–Trinajstić information content (AvgIpc) is 2.01. The quantitative estimate of drug-likeness (QED) is 0.494. The molecule has 1 aromatic carbocycles. The topological polar surface area (TPSA) is 106 Å². The molecule has 1 rings (SSSR count). The van der Waals surface area contributed by atoms with Gasteiger partial charge in [-0.3, -0.25) is 4.55 Å². The standard InChI is InChI=1S/C8H12N2O3S/c1-5(9)7-3-2-6(10)4-8(7)14(11,12)13/h2-5H,9-10H2,1H3,(H,11,12,13). The van der Waals surface area contributed by atoms with Gasteiger partial charge in [0.1, 0.15) is 4.90 Å². The normalized spacial score (nSPS) is 13.9. The van der Waals surface area contributed by atoms with Crippen molar-refractivity contribution in [3.05, 3.63) is 23.8 Å². The van der Waals surface area contributed by atoms with Gasteiger partial charge in [0.15, 0.2) is 0 Å². The van der Waals surface area contributed by atoms with E-state index in [2.05, 4.69) is 0 Å². The van der Waals surface area contributed by atoms with Crippen molar-refractivity contribution in [3.8, 4) is 0 Å². The molecule has 0 radical (unpaired) electrons. The molecule has 0 aliphatic rings. The molecule has 6 heteroatoms. The van der Waals surface area contributed by atoms with Gasteiger partial charge in [-0.25, -0.2) is 0 Å². The van der Waals surface area contributed by atoms with Gasteiger partial charge in [-0.05, 0) is 24.6 Å². The first-order valence-electron chi connectivity index (χ1n) is 3.95. The summed E-state index contributed by atoms with van der Waals surface area (Å²) >= 11 is 0. The Balaban J connectivity index is 3.46. The van der Waals surface area contributed by atoms with Gasteiger partial charge < -0.3 is 11.5 Å². The van der Waals surface area contributed by atoms with Crippen molar-refractivity contribution in [2.45, 2.75) is 17.9 Å². The summed E-state index contributed by atoms with van der Waals surface area (Å²) in [6, 6.07) is 3.73.